The van der Waals surface area contributed by atoms with Crippen LogP contribution in [0.25, 0.3) is 5.76 Å². The zero-order valence-electron chi connectivity index (χ0n) is 18.3. The van der Waals surface area contributed by atoms with Crippen LogP contribution >= 0.6 is 0 Å². The largest absolute Gasteiger partial charge is 0.507 e. The minimum absolute atomic E-state index is 0.0635. The number of hydrogen-bond donors (Lipinski definition) is 1. The first-order chi connectivity index (χ1) is 15.6. The normalized spacial score (nSPS) is 19.6. The van der Waals surface area contributed by atoms with Gasteiger partial charge in [-0.15, -0.1) is 0 Å². The van der Waals surface area contributed by atoms with E-state index in [0.29, 0.717) is 43.1 Å². The highest BCUT2D eigenvalue weighted by Crippen LogP contribution is 2.43. The van der Waals surface area contributed by atoms with Gasteiger partial charge in [0.25, 0.3) is 11.7 Å². The first-order valence-corrected chi connectivity index (χ1v) is 10.7. The van der Waals surface area contributed by atoms with Gasteiger partial charge in [0.2, 0.25) is 0 Å². The van der Waals surface area contributed by atoms with E-state index in [1.54, 1.807) is 32.4 Å². The molecule has 168 valence electrons. The van der Waals surface area contributed by atoms with Gasteiger partial charge in [0.1, 0.15) is 17.3 Å². The average molecular weight is 437 g/mol. The van der Waals surface area contributed by atoms with Gasteiger partial charge in [0.15, 0.2) is 0 Å². The molecule has 0 bridgehead atoms. The Morgan fingerprint density at radius 3 is 2.78 bits per heavy atom. The summed E-state index contributed by atoms with van der Waals surface area (Å²) in [4.78, 5) is 27.6. The van der Waals surface area contributed by atoms with Gasteiger partial charge in [0.05, 0.1) is 25.3 Å². The molecular weight excluding hydrogens is 410 g/mol. The van der Waals surface area contributed by atoms with Gasteiger partial charge in [-0.3, -0.25) is 9.59 Å². The van der Waals surface area contributed by atoms with Gasteiger partial charge in [-0.25, -0.2) is 0 Å². The number of likely N-dealkylation sites (tertiary alicyclic amines) is 1. The number of para-hydroxylation sites is 1. The van der Waals surface area contributed by atoms with E-state index in [-0.39, 0.29) is 11.3 Å². The lowest BCUT2D eigenvalue weighted by Crippen LogP contribution is -2.31. The number of ketones is 1. The van der Waals surface area contributed by atoms with Crippen molar-refractivity contribution < 1.29 is 28.9 Å². The molecule has 32 heavy (non-hydrogen) atoms. The van der Waals surface area contributed by atoms with E-state index in [0.717, 1.165) is 24.2 Å². The second-order valence-corrected chi connectivity index (χ2v) is 7.86. The molecule has 0 radical (unpaired) electrons. The fourth-order valence-electron chi connectivity index (χ4n) is 4.37. The van der Waals surface area contributed by atoms with Crippen molar-refractivity contribution in [2.75, 3.05) is 34.0 Å². The van der Waals surface area contributed by atoms with Crippen molar-refractivity contribution in [1.29, 1.82) is 0 Å². The van der Waals surface area contributed by atoms with Crippen molar-refractivity contribution >= 4 is 17.4 Å². The summed E-state index contributed by atoms with van der Waals surface area (Å²) >= 11 is 0. The Morgan fingerprint density at radius 2 is 2.00 bits per heavy atom. The molecule has 2 aromatic rings. The summed E-state index contributed by atoms with van der Waals surface area (Å²) in [5, 5.41) is 11.3. The van der Waals surface area contributed by atoms with Crippen LogP contribution in [0.1, 0.15) is 35.6 Å². The Hall–Kier alpha value is -3.32. The van der Waals surface area contributed by atoms with Crippen molar-refractivity contribution in [3.05, 3.63) is 64.7 Å². The van der Waals surface area contributed by atoms with Gasteiger partial charge < -0.3 is 24.2 Å². The second-order valence-electron chi connectivity index (χ2n) is 7.86. The van der Waals surface area contributed by atoms with Crippen LogP contribution in [-0.4, -0.2) is 55.7 Å². The Bertz CT molecular complexity index is 1060. The van der Waals surface area contributed by atoms with Crippen LogP contribution in [0.4, 0.5) is 0 Å². The fourth-order valence-corrected chi connectivity index (χ4v) is 4.37. The SMILES string of the molecule is COCCCN1C(=O)C(=O)/C(=C(/O)c2ccc3c(c2)CCCO3)C1c1ccccc1OC. The van der Waals surface area contributed by atoms with Crippen molar-refractivity contribution in [2.45, 2.75) is 25.3 Å². The summed E-state index contributed by atoms with van der Waals surface area (Å²) in [5.74, 6) is -0.207. The number of nitrogens with zero attached hydrogens (tertiary/aromatic N) is 1. The molecule has 1 amide bonds. The number of carbonyl (C=O) groups is 2. The number of fused-ring (bicyclic) bond motifs is 1. The number of Topliss-reactive ketones (excluding diaryl/α,β-unsaturated/α-hetero) is 1. The number of methoxy groups -OCH3 is 2. The summed E-state index contributed by atoms with van der Waals surface area (Å²) in [7, 11) is 3.13. The van der Waals surface area contributed by atoms with Crippen LogP contribution in [0.3, 0.4) is 0 Å². The van der Waals surface area contributed by atoms with E-state index >= 15 is 0 Å². The molecule has 0 aliphatic carbocycles. The monoisotopic (exact) mass is 437 g/mol. The lowest BCUT2D eigenvalue weighted by atomic mass is 9.93. The Kier molecular flexibility index (Phi) is 6.46. The molecule has 2 heterocycles. The summed E-state index contributed by atoms with van der Waals surface area (Å²) in [5.41, 5.74) is 2.18. The Balaban J connectivity index is 1.84. The van der Waals surface area contributed by atoms with Crippen LogP contribution < -0.4 is 9.47 Å². The smallest absolute Gasteiger partial charge is 0.295 e. The second kappa shape index (κ2) is 9.44. The standard InChI is InChI=1S/C25H27NO6/c1-30-13-6-12-26-22(18-8-3-4-9-20(18)31-2)21(24(28)25(26)29)23(27)17-10-11-19-16(15-17)7-5-14-32-19/h3-4,8-11,15,22,27H,5-7,12-14H2,1-2H3/b23-21+. The number of ether oxygens (including phenoxy) is 3. The topological polar surface area (TPSA) is 85.3 Å². The van der Waals surface area contributed by atoms with Crippen molar-refractivity contribution in [3.63, 3.8) is 0 Å². The van der Waals surface area contributed by atoms with Crippen molar-refractivity contribution in [1.82, 2.24) is 4.90 Å². The average Bonchev–Trinajstić information content (AvgIpc) is 3.08. The van der Waals surface area contributed by atoms with Gasteiger partial charge >= 0.3 is 0 Å². The van der Waals surface area contributed by atoms with Crippen LogP contribution in [0.2, 0.25) is 0 Å². The molecule has 7 nitrogen and oxygen atoms in total. The molecule has 1 N–H and O–H groups in total. The number of aryl methyl sites for hydroxylation is 1. The highest BCUT2D eigenvalue weighted by Gasteiger charge is 2.46. The summed E-state index contributed by atoms with van der Waals surface area (Å²) in [6.45, 7) is 1.43. The molecule has 2 aliphatic rings. The lowest BCUT2D eigenvalue weighted by molar-refractivity contribution is -0.140. The molecule has 1 saturated heterocycles. The fraction of sp³-hybridized carbons (Fsp3) is 0.360. The third-order valence-electron chi connectivity index (χ3n) is 5.90. The highest BCUT2D eigenvalue weighted by atomic mass is 16.5. The number of aliphatic hydroxyl groups is 1. The number of hydrogen-bond acceptors (Lipinski definition) is 6. The van der Waals surface area contributed by atoms with E-state index in [1.807, 2.05) is 24.3 Å². The predicted molar refractivity (Wildman–Crippen MR) is 119 cm³/mol. The highest BCUT2D eigenvalue weighted by molar-refractivity contribution is 6.46. The van der Waals surface area contributed by atoms with Crippen LogP contribution in [0.15, 0.2) is 48.0 Å². The molecule has 7 heteroatoms. The first kappa shape index (κ1) is 21.9. The molecule has 0 saturated carbocycles. The van der Waals surface area contributed by atoms with Crippen molar-refractivity contribution in [2.24, 2.45) is 0 Å². The van der Waals surface area contributed by atoms with E-state index in [9.17, 15) is 14.7 Å². The van der Waals surface area contributed by atoms with E-state index in [4.69, 9.17) is 14.2 Å². The molecule has 0 spiro atoms. The first-order valence-electron chi connectivity index (χ1n) is 10.7. The summed E-state index contributed by atoms with van der Waals surface area (Å²) in [6, 6.07) is 11.8. The molecule has 1 atom stereocenters. The minimum atomic E-state index is -0.754. The molecular formula is C25H27NO6. The molecule has 2 aliphatic heterocycles. The van der Waals surface area contributed by atoms with Crippen LogP contribution in [0.5, 0.6) is 11.5 Å². The van der Waals surface area contributed by atoms with Crippen molar-refractivity contribution in [3.8, 4) is 11.5 Å². The maximum absolute atomic E-state index is 13.1. The van der Waals surface area contributed by atoms with Gasteiger partial charge in [-0.05, 0) is 49.1 Å². The number of benzene rings is 2. The zero-order chi connectivity index (χ0) is 22.7. The maximum Gasteiger partial charge on any atom is 0.295 e. The van der Waals surface area contributed by atoms with Gasteiger partial charge in [-0.2, -0.15) is 0 Å². The molecule has 1 fully saturated rings. The number of aliphatic hydroxyl groups excluding tert-OH is 1. The minimum Gasteiger partial charge on any atom is -0.507 e. The predicted octanol–water partition coefficient (Wildman–Crippen LogP) is 3.48. The zero-order valence-corrected chi connectivity index (χ0v) is 18.3. The third kappa shape index (κ3) is 3.96. The maximum atomic E-state index is 13.1. The third-order valence-corrected chi connectivity index (χ3v) is 5.90. The van der Waals surface area contributed by atoms with E-state index < -0.39 is 17.7 Å². The molecule has 1 unspecified atom stereocenters. The number of amides is 1. The summed E-state index contributed by atoms with van der Waals surface area (Å²) in [6.07, 6.45) is 2.28. The molecule has 4 rings (SSSR count). The summed E-state index contributed by atoms with van der Waals surface area (Å²) < 4.78 is 16.3. The van der Waals surface area contributed by atoms with E-state index in [2.05, 4.69) is 0 Å². The molecule has 2 aromatic carbocycles. The van der Waals surface area contributed by atoms with Crippen LogP contribution in [-0.2, 0) is 20.7 Å². The van der Waals surface area contributed by atoms with Gasteiger partial charge in [0, 0.05) is 31.4 Å². The van der Waals surface area contributed by atoms with Crippen LogP contribution in [0, 0.1) is 0 Å². The Morgan fingerprint density at radius 1 is 1.19 bits per heavy atom. The van der Waals surface area contributed by atoms with Gasteiger partial charge in [-0.1, -0.05) is 18.2 Å². The quantitative estimate of drug-likeness (QED) is 0.309. The Labute approximate surface area is 187 Å². The number of rotatable bonds is 7. The number of carbonyl (C=O) groups excluding carboxylic acids is 2. The van der Waals surface area contributed by atoms with E-state index in [1.165, 1.54) is 4.90 Å². The lowest BCUT2D eigenvalue weighted by Gasteiger charge is -2.26. The molecule has 0 aromatic heterocycles.